The van der Waals surface area contributed by atoms with Crippen molar-refractivity contribution in [1.82, 2.24) is 24.8 Å². The van der Waals surface area contributed by atoms with E-state index >= 15 is 0 Å². The number of fused-ring (bicyclic) bond motifs is 1. The van der Waals surface area contributed by atoms with E-state index in [0.29, 0.717) is 12.4 Å². The van der Waals surface area contributed by atoms with Crippen LogP contribution in [0.5, 0.6) is 0 Å². The molecule has 0 bridgehead atoms. The highest BCUT2D eigenvalue weighted by atomic mass is 32.1. The third-order valence-electron chi connectivity index (χ3n) is 5.25. The van der Waals surface area contributed by atoms with Gasteiger partial charge in [0, 0.05) is 25.2 Å². The molecule has 0 atom stereocenters. The SMILES string of the molecule is Nc1ncnc2sc(-c3c(-c4ccccc4)ncn3CCNCc3ccc(F)cc3)cc12. The number of hydrogen-bond donors (Lipinski definition) is 2. The summed E-state index contributed by atoms with van der Waals surface area (Å²) in [5.41, 5.74) is 10.1. The molecule has 8 heteroatoms. The van der Waals surface area contributed by atoms with Gasteiger partial charge in [-0.05, 0) is 23.8 Å². The van der Waals surface area contributed by atoms with Crippen molar-refractivity contribution < 1.29 is 4.39 Å². The molecule has 32 heavy (non-hydrogen) atoms. The van der Waals surface area contributed by atoms with Gasteiger partial charge in [0.1, 0.15) is 22.8 Å². The van der Waals surface area contributed by atoms with Crippen molar-refractivity contribution in [2.24, 2.45) is 0 Å². The lowest BCUT2D eigenvalue weighted by molar-refractivity contribution is 0.598. The molecule has 5 aromatic rings. The van der Waals surface area contributed by atoms with E-state index in [1.165, 1.54) is 18.5 Å². The van der Waals surface area contributed by atoms with Crippen molar-refractivity contribution in [1.29, 1.82) is 0 Å². The van der Waals surface area contributed by atoms with E-state index in [1.807, 2.05) is 30.6 Å². The average Bonchev–Trinajstić information content (AvgIpc) is 3.43. The molecule has 2 aromatic carbocycles. The van der Waals surface area contributed by atoms with E-state index in [2.05, 4.69) is 32.0 Å². The smallest absolute Gasteiger partial charge is 0.135 e. The third-order valence-corrected chi connectivity index (χ3v) is 6.30. The van der Waals surface area contributed by atoms with Crippen LogP contribution in [0.4, 0.5) is 10.2 Å². The first-order valence-corrected chi connectivity index (χ1v) is 11.1. The maximum Gasteiger partial charge on any atom is 0.135 e. The van der Waals surface area contributed by atoms with E-state index in [4.69, 9.17) is 10.7 Å². The zero-order valence-corrected chi connectivity index (χ0v) is 18.0. The van der Waals surface area contributed by atoms with E-state index < -0.39 is 0 Å². The molecule has 5 rings (SSSR count). The number of imidazole rings is 1. The number of benzene rings is 2. The van der Waals surface area contributed by atoms with Crippen LogP contribution in [0.2, 0.25) is 0 Å². The molecule has 0 saturated heterocycles. The molecule has 0 saturated carbocycles. The van der Waals surface area contributed by atoms with Crippen LogP contribution in [0, 0.1) is 5.82 Å². The predicted molar refractivity (Wildman–Crippen MR) is 127 cm³/mol. The molecule has 160 valence electrons. The van der Waals surface area contributed by atoms with Gasteiger partial charge < -0.3 is 15.6 Å². The number of halogens is 1. The van der Waals surface area contributed by atoms with Gasteiger partial charge in [-0.2, -0.15) is 0 Å². The summed E-state index contributed by atoms with van der Waals surface area (Å²) in [6.45, 7) is 2.14. The molecule has 3 aromatic heterocycles. The fourth-order valence-electron chi connectivity index (χ4n) is 3.64. The number of nitrogens with one attached hydrogen (secondary N) is 1. The Morgan fingerprint density at radius 1 is 1.00 bits per heavy atom. The molecule has 0 unspecified atom stereocenters. The van der Waals surface area contributed by atoms with Crippen LogP contribution < -0.4 is 11.1 Å². The highest BCUT2D eigenvalue weighted by Gasteiger charge is 2.18. The Balaban J connectivity index is 1.44. The van der Waals surface area contributed by atoms with Gasteiger partial charge in [-0.15, -0.1) is 11.3 Å². The van der Waals surface area contributed by atoms with Crippen LogP contribution in [0.25, 0.3) is 32.0 Å². The number of anilines is 1. The van der Waals surface area contributed by atoms with Crippen molar-refractivity contribution in [2.75, 3.05) is 12.3 Å². The molecule has 3 N–H and O–H groups in total. The lowest BCUT2D eigenvalue weighted by Crippen LogP contribution is -2.19. The number of rotatable bonds is 7. The lowest BCUT2D eigenvalue weighted by atomic mass is 10.1. The Bertz CT molecular complexity index is 1340. The highest BCUT2D eigenvalue weighted by Crippen LogP contribution is 2.38. The summed E-state index contributed by atoms with van der Waals surface area (Å²) in [5.74, 6) is 0.254. The predicted octanol–water partition coefficient (Wildman–Crippen LogP) is 4.73. The minimum atomic E-state index is -0.223. The van der Waals surface area contributed by atoms with Gasteiger partial charge >= 0.3 is 0 Å². The first kappa shape index (κ1) is 20.3. The molecular weight excluding hydrogens is 423 g/mol. The fraction of sp³-hybridized carbons (Fsp3) is 0.125. The second-order valence-corrected chi connectivity index (χ2v) is 8.42. The third kappa shape index (κ3) is 4.10. The molecule has 0 fully saturated rings. The van der Waals surface area contributed by atoms with E-state index in [-0.39, 0.29) is 5.82 Å². The number of nitrogens with zero attached hydrogens (tertiary/aromatic N) is 4. The Morgan fingerprint density at radius 2 is 1.81 bits per heavy atom. The van der Waals surface area contributed by atoms with Crippen LogP contribution in [0.1, 0.15) is 5.56 Å². The summed E-state index contributed by atoms with van der Waals surface area (Å²) in [6, 6.07) is 18.7. The lowest BCUT2D eigenvalue weighted by Gasteiger charge is -2.10. The van der Waals surface area contributed by atoms with Crippen molar-refractivity contribution >= 4 is 27.4 Å². The number of hydrogen-bond acceptors (Lipinski definition) is 6. The standard InChI is InChI=1S/C24H21FN6S/c25-18-8-6-16(7-9-18)13-27-10-11-31-15-30-21(17-4-2-1-3-5-17)22(31)20-12-19-23(26)28-14-29-24(19)32-20/h1-9,12,14-15,27H,10-11,13H2,(H2,26,28,29). The maximum atomic E-state index is 13.1. The zero-order valence-electron chi connectivity index (χ0n) is 17.2. The van der Waals surface area contributed by atoms with E-state index in [0.717, 1.165) is 50.7 Å². The van der Waals surface area contributed by atoms with Gasteiger partial charge in [0.2, 0.25) is 0 Å². The topological polar surface area (TPSA) is 81.7 Å². The highest BCUT2D eigenvalue weighted by molar-refractivity contribution is 7.21. The summed E-state index contributed by atoms with van der Waals surface area (Å²) < 4.78 is 15.2. The minimum absolute atomic E-state index is 0.223. The summed E-state index contributed by atoms with van der Waals surface area (Å²) in [5, 5.41) is 4.28. The number of thiophene rings is 1. The Morgan fingerprint density at radius 3 is 2.59 bits per heavy atom. The van der Waals surface area contributed by atoms with Crippen LogP contribution in [-0.4, -0.2) is 26.1 Å². The summed E-state index contributed by atoms with van der Waals surface area (Å²) in [7, 11) is 0. The van der Waals surface area contributed by atoms with Crippen molar-refractivity contribution in [3.05, 3.63) is 84.7 Å². The Labute approximate surface area is 188 Å². The molecular formula is C24H21FN6S. The van der Waals surface area contributed by atoms with Crippen molar-refractivity contribution in [2.45, 2.75) is 13.1 Å². The summed E-state index contributed by atoms with van der Waals surface area (Å²) in [6.07, 6.45) is 3.36. The second kappa shape index (κ2) is 8.86. The van der Waals surface area contributed by atoms with Crippen molar-refractivity contribution in [3.8, 4) is 21.8 Å². The molecule has 0 aliphatic rings. The Hall–Kier alpha value is -3.62. The maximum absolute atomic E-state index is 13.1. The van der Waals surface area contributed by atoms with Gasteiger partial charge in [0.05, 0.1) is 28.0 Å². The van der Waals surface area contributed by atoms with Crippen LogP contribution in [0.3, 0.4) is 0 Å². The monoisotopic (exact) mass is 444 g/mol. The molecule has 0 spiro atoms. The fourth-order valence-corrected chi connectivity index (χ4v) is 4.71. The molecule has 3 heterocycles. The molecule has 6 nitrogen and oxygen atoms in total. The van der Waals surface area contributed by atoms with Gasteiger partial charge in [-0.25, -0.2) is 19.3 Å². The van der Waals surface area contributed by atoms with Crippen molar-refractivity contribution in [3.63, 3.8) is 0 Å². The van der Waals surface area contributed by atoms with Gasteiger partial charge in [0.25, 0.3) is 0 Å². The molecule has 0 amide bonds. The second-order valence-electron chi connectivity index (χ2n) is 7.39. The van der Waals surface area contributed by atoms with Crippen LogP contribution in [-0.2, 0) is 13.1 Å². The number of nitrogen functional groups attached to an aromatic ring is 1. The molecule has 0 aliphatic heterocycles. The molecule has 0 aliphatic carbocycles. The van der Waals surface area contributed by atoms with Crippen LogP contribution in [0.15, 0.2) is 73.3 Å². The first-order chi connectivity index (χ1) is 15.7. The Kier molecular flexibility index (Phi) is 5.62. The average molecular weight is 445 g/mol. The number of aromatic nitrogens is 4. The van der Waals surface area contributed by atoms with Gasteiger partial charge in [-0.1, -0.05) is 42.5 Å². The molecule has 0 radical (unpaired) electrons. The summed E-state index contributed by atoms with van der Waals surface area (Å²) >= 11 is 1.58. The quantitative estimate of drug-likeness (QED) is 0.355. The van der Waals surface area contributed by atoms with Gasteiger partial charge in [-0.3, -0.25) is 0 Å². The van der Waals surface area contributed by atoms with E-state index in [1.54, 1.807) is 23.5 Å². The summed E-state index contributed by atoms with van der Waals surface area (Å²) in [4.78, 5) is 15.1. The first-order valence-electron chi connectivity index (χ1n) is 10.2. The van der Waals surface area contributed by atoms with Crippen LogP contribution >= 0.6 is 11.3 Å². The number of nitrogens with two attached hydrogens (primary N) is 1. The largest absolute Gasteiger partial charge is 0.383 e. The zero-order chi connectivity index (χ0) is 21.9. The van der Waals surface area contributed by atoms with Gasteiger partial charge in [0.15, 0.2) is 0 Å². The minimum Gasteiger partial charge on any atom is -0.383 e. The normalized spacial score (nSPS) is 11.3. The van der Waals surface area contributed by atoms with E-state index in [9.17, 15) is 4.39 Å².